The Bertz CT molecular complexity index is 507. The van der Waals surface area contributed by atoms with E-state index < -0.39 is 0 Å². The van der Waals surface area contributed by atoms with E-state index in [1.807, 2.05) is 6.07 Å². The Morgan fingerprint density at radius 1 is 1.38 bits per heavy atom. The Morgan fingerprint density at radius 2 is 2.05 bits per heavy atom. The van der Waals surface area contributed by atoms with Crippen LogP contribution in [0.25, 0.3) is 0 Å². The third-order valence-corrected chi connectivity index (χ3v) is 4.44. The van der Waals surface area contributed by atoms with Crippen LogP contribution >= 0.6 is 0 Å². The van der Waals surface area contributed by atoms with Crippen LogP contribution in [0.4, 0.5) is 11.4 Å². The van der Waals surface area contributed by atoms with Crippen LogP contribution in [0.15, 0.2) is 18.2 Å². The average Bonchev–Trinajstić information content (AvgIpc) is 2.48. The van der Waals surface area contributed by atoms with Gasteiger partial charge in [-0.1, -0.05) is 6.92 Å². The van der Waals surface area contributed by atoms with Gasteiger partial charge in [0, 0.05) is 19.2 Å². The molecule has 0 unspecified atom stereocenters. The molecule has 0 bridgehead atoms. The highest BCUT2D eigenvalue weighted by atomic mass is 16.1. The maximum Gasteiger partial charge on any atom is 0.251 e. The molecule has 0 atom stereocenters. The number of likely N-dealkylation sites (tertiary alicyclic amines) is 1. The third kappa shape index (κ3) is 3.88. The highest BCUT2D eigenvalue weighted by molar-refractivity contribution is 5.95. The Kier molecular flexibility index (Phi) is 4.73. The molecule has 5 heteroatoms. The van der Waals surface area contributed by atoms with Gasteiger partial charge in [-0.15, -0.1) is 0 Å². The van der Waals surface area contributed by atoms with Crippen LogP contribution in [0, 0.1) is 5.41 Å². The van der Waals surface area contributed by atoms with Gasteiger partial charge in [0.15, 0.2) is 0 Å². The SMILES string of the molecule is CNC(=O)c1ccc(NCC2(C)CCN(C)CC2)c(N)c1. The highest BCUT2D eigenvalue weighted by Gasteiger charge is 2.28. The van der Waals surface area contributed by atoms with Crippen molar-refractivity contribution in [1.82, 2.24) is 10.2 Å². The second-order valence-corrected chi connectivity index (χ2v) is 6.35. The summed E-state index contributed by atoms with van der Waals surface area (Å²) in [7, 11) is 3.79. The molecule has 4 N–H and O–H groups in total. The molecule has 2 rings (SSSR count). The zero-order valence-electron chi connectivity index (χ0n) is 13.2. The highest BCUT2D eigenvalue weighted by Crippen LogP contribution is 2.31. The molecule has 1 aromatic carbocycles. The van der Waals surface area contributed by atoms with Crippen LogP contribution in [-0.2, 0) is 0 Å². The zero-order valence-corrected chi connectivity index (χ0v) is 13.2. The quantitative estimate of drug-likeness (QED) is 0.739. The van der Waals surface area contributed by atoms with Crippen LogP contribution in [0.2, 0.25) is 0 Å². The fourth-order valence-electron chi connectivity index (χ4n) is 2.65. The lowest BCUT2D eigenvalue weighted by Gasteiger charge is -2.38. The van der Waals surface area contributed by atoms with Crippen LogP contribution in [0.5, 0.6) is 0 Å². The van der Waals surface area contributed by atoms with Crippen molar-refractivity contribution in [3.8, 4) is 0 Å². The van der Waals surface area contributed by atoms with E-state index in [2.05, 4.69) is 29.5 Å². The topological polar surface area (TPSA) is 70.4 Å². The summed E-state index contributed by atoms with van der Waals surface area (Å²) in [5, 5.41) is 6.05. The molecule has 0 aliphatic carbocycles. The van der Waals surface area contributed by atoms with E-state index >= 15 is 0 Å². The fraction of sp³-hybridized carbons (Fsp3) is 0.562. The second kappa shape index (κ2) is 6.35. The normalized spacial score (nSPS) is 18.2. The number of nitrogens with zero attached hydrogens (tertiary/aromatic N) is 1. The predicted molar refractivity (Wildman–Crippen MR) is 87.6 cm³/mol. The number of nitrogens with two attached hydrogens (primary N) is 1. The number of hydrogen-bond acceptors (Lipinski definition) is 4. The van der Waals surface area contributed by atoms with Crippen molar-refractivity contribution in [2.24, 2.45) is 5.41 Å². The van der Waals surface area contributed by atoms with Crippen LogP contribution < -0.4 is 16.4 Å². The lowest BCUT2D eigenvalue weighted by molar-refractivity contribution is 0.0963. The van der Waals surface area contributed by atoms with E-state index in [-0.39, 0.29) is 5.91 Å². The van der Waals surface area contributed by atoms with E-state index in [4.69, 9.17) is 5.73 Å². The molecule has 1 heterocycles. The summed E-state index contributed by atoms with van der Waals surface area (Å²) in [5.41, 5.74) is 8.46. The van der Waals surface area contributed by atoms with Crippen molar-refractivity contribution in [1.29, 1.82) is 0 Å². The van der Waals surface area contributed by atoms with E-state index in [1.54, 1.807) is 19.2 Å². The number of nitrogens with one attached hydrogen (secondary N) is 2. The van der Waals surface area contributed by atoms with Crippen molar-refractivity contribution in [2.75, 3.05) is 44.8 Å². The summed E-state index contributed by atoms with van der Waals surface area (Å²) in [6.07, 6.45) is 2.37. The first kappa shape index (κ1) is 15.6. The number of carbonyl (C=O) groups is 1. The largest absolute Gasteiger partial charge is 0.397 e. The van der Waals surface area contributed by atoms with Gasteiger partial charge in [0.05, 0.1) is 11.4 Å². The van der Waals surface area contributed by atoms with Gasteiger partial charge in [0.2, 0.25) is 0 Å². The molecule has 1 aromatic rings. The molecule has 0 spiro atoms. The Hall–Kier alpha value is -1.75. The standard InChI is InChI=1S/C16H26N4O/c1-16(6-8-20(3)9-7-16)11-19-14-5-4-12(10-13(14)17)15(21)18-2/h4-5,10,19H,6-9,11,17H2,1-3H3,(H,18,21). The van der Waals surface area contributed by atoms with Gasteiger partial charge in [0.1, 0.15) is 0 Å². The van der Waals surface area contributed by atoms with Gasteiger partial charge in [-0.3, -0.25) is 4.79 Å². The van der Waals surface area contributed by atoms with Gasteiger partial charge >= 0.3 is 0 Å². The van der Waals surface area contributed by atoms with Crippen molar-refractivity contribution in [3.63, 3.8) is 0 Å². The number of hydrogen-bond donors (Lipinski definition) is 3. The van der Waals surface area contributed by atoms with Crippen LogP contribution in [-0.4, -0.2) is 44.5 Å². The zero-order chi connectivity index (χ0) is 15.5. The summed E-state index contributed by atoms with van der Waals surface area (Å²) < 4.78 is 0. The summed E-state index contributed by atoms with van der Waals surface area (Å²) >= 11 is 0. The number of anilines is 2. The van der Waals surface area contributed by atoms with Crippen molar-refractivity contribution in [3.05, 3.63) is 23.8 Å². The summed E-state index contributed by atoms with van der Waals surface area (Å²) in [6.45, 7) is 5.51. The van der Waals surface area contributed by atoms with Crippen molar-refractivity contribution in [2.45, 2.75) is 19.8 Å². The molecular formula is C16H26N4O. The van der Waals surface area contributed by atoms with Gasteiger partial charge < -0.3 is 21.3 Å². The Balaban J connectivity index is 1.99. The van der Waals surface area contributed by atoms with E-state index in [0.717, 1.165) is 25.3 Å². The van der Waals surface area contributed by atoms with Gasteiger partial charge in [-0.2, -0.15) is 0 Å². The summed E-state index contributed by atoms with van der Waals surface area (Å²) in [5.74, 6) is -0.115. The molecule has 1 fully saturated rings. The first-order valence-electron chi connectivity index (χ1n) is 7.47. The second-order valence-electron chi connectivity index (χ2n) is 6.35. The number of amides is 1. The van der Waals surface area contributed by atoms with Crippen molar-refractivity contribution >= 4 is 17.3 Å². The molecule has 5 nitrogen and oxygen atoms in total. The minimum Gasteiger partial charge on any atom is -0.397 e. The first-order chi connectivity index (χ1) is 9.93. The fourth-order valence-corrected chi connectivity index (χ4v) is 2.65. The minimum atomic E-state index is -0.115. The van der Waals surface area contributed by atoms with Crippen LogP contribution in [0.3, 0.4) is 0 Å². The number of carbonyl (C=O) groups excluding carboxylic acids is 1. The number of benzene rings is 1. The molecule has 21 heavy (non-hydrogen) atoms. The number of piperidine rings is 1. The maximum atomic E-state index is 11.6. The Labute approximate surface area is 126 Å². The van der Waals surface area contributed by atoms with E-state index in [0.29, 0.717) is 16.7 Å². The van der Waals surface area contributed by atoms with Gasteiger partial charge in [-0.05, 0) is 56.6 Å². The number of nitrogen functional groups attached to an aromatic ring is 1. The van der Waals surface area contributed by atoms with E-state index in [9.17, 15) is 4.79 Å². The van der Waals surface area contributed by atoms with Crippen LogP contribution in [0.1, 0.15) is 30.1 Å². The lowest BCUT2D eigenvalue weighted by atomic mass is 9.80. The molecule has 0 radical (unpaired) electrons. The first-order valence-corrected chi connectivity index (χ1v) is 7.47. The average molecular weight is 290 g/mol. The smallest absolute Gasteiger partial charge is 0.251 e. The molecule has 0 aromatic heterocycles. The molecule has 1 amide bonds. The van der Waals surface area contributed by atoms with Gasteiger partial charge in [0.25, 0.3) is 5.91 Å². The molecule has 1 aliphatic heterocycles. The maximum absolute atomic E-state index is 11.6. The molecule has 1 aliphatic rings. The lowest BCUT2D eigenvalue weighted by Crippen LogP contribution is -2.40. The minimum absolute atomic E-state index is 0.115. The molecular weight excluding hydrogens is 264 g/mol. The third-order valence-electron chi connectivity index (χ3n) is 4.44. The summed E-state index contributed by atoms with van der Waals surface area (Å²) in [6, 6.07) is 5.41. The number of rotatable bonds is 4. The monoisotopic (exact) mass is 290 g/mol. The van der Waals surface area contributed by atoms with Gasteiger partial charge in [-0.25, -0.2) is 0 Å². The summed E-state index contributed by atoms with van der Waals surface area (Å²) in [4.78, 5) is 13.9. The Morgan fingerprint density at radius 3 is 2.62 bits per heavy atom. The predicted octanol–water partition coefficient (Wildman–Crippen LogP) is 1.77. The molecule has 1 saturated heterocycles. The van der Waals surface area contributed by atoms with E-state index in [1.165, 1.54) is 12.8 Å². The molecule has 0 saturated carbocycles. The molecule has 116 valence electrons. The van der Waals surface area contributed by atoms with Crippen molar-refractivity contribution < 1.29 is 4.79 Å².